The molecule has 1 aromatic carbocycles. The van der Waals surface area contributed by atoms with E-state index in [1.165, 1.54) is 32.3 Å². The lowest BCUT2D eigenvalue weighted by atomic mass is 10.0. The Labute approximate surface area is 204 Å². The number of amides is 1. The summed E-state index contributed by atoms with van der Waals surface area (Å²) in [7, 11) is 0. The first-order valence-electron chi connectivity index (χ1n) is 10.8. The van der Waals surface area contributed by atoms with E-state index in [9.17, 15) is 31.9 Å². The second-order valence-corrected chi connectivity index (χ2v) is 8.71. The number of para-hydroxylation sites is 1. The highest BCUT2D eigenvalue weighted by Gasteiger charge is 2.42. The number of carbonyl (C=O) groups is 1. The van der Waals surface area contributed by atoms with Crippen molar-refractivity contribution in [2.24, 2.45) is 0 Å². The lowest BCUT2D eigenvalue weighted by Crippen LogP contribution is -2.41. The fourth-order valence-corrected chi connectivity index (χ4v) is 4.04. The van der Waals surface area contributed by atoms with Crippen LogP contribution in [-0.2, 0) is 12.0 Å². The van der Waals surface area contributed by atoms with Crippen LogP contribution in [0.3, 0.4) is 0 Å². The molecule has 1 atom stereocenters. The van der Waals surface area contributed by atoms with Gasteiger partial charge in [0.2, 0.25) is 17.5 Å². The summed E-state index contributed by atoms with van der Waals surface area (Å²) in [5, 5.41) is 10.2. The number of halogens is 5. The summed E-state index contributed by atoms with van der Waals surface area (Å²) in [6.07, 6.45) is -6.60. The molecule has 0 saturated heterocycles. The smallest absolute Gasteiger partial charge is 0.438 e. The highest BCUT2D eigenvalue weighted by Crippen LogP contribution is 2.39. The Balaban J connectivity index is 1.62. The summed E-state index contributed by atoms with van der Waals surface area (Å²) >= 11 is 0. The van der Waals surface area contributed by atoms with E-state index in [0.29, 0.717) is 5.69 Å². The Hall–Kier alpha value is -4.01. The third-order valence-electron chi connectivity index (χ3n) is 5.62. The summed E-state index contributed by atoms with van der Waals surface area (Å²) in [6, 6.07) is 2.46. The molecule has 1 aliphatic rings. The first-order valence-corrected chi connectivity index (χ1v) is 10.8. The van der Waals surface area contributed by atoms with Crippen molar-refractivity contribution in [1.82, 2.24) is 24.8 Å². The maximum absolute atomic E-state index is 13.8. The Morgan fingerprint density at radius 3 is 2.68 bits per heavy atom. The Morgan fingerprint density at radius 2 is 2.00 bits per heavy atom. The number of rotatable bonds is 5. The molecule has 5 rings (SSSR count). The number of nitrogens with zero attached hydrogens (tertiary/aromatic N) is 4. The monoisotopic (exact) mass is 527 g/mol. The van der Waals surface area contributed by atoms with Crippen molar-refractivity contribution in [2.45, 2.75) is 44.7 Å². The maximum Gasteiger partial charge on any atom is 0.573 e. The Kier molecular flexibility index (Phi) is 5.69. The fourth-order valence-electron chi connectivity index (χ4n) is 4.04. The van der Waals surface area contributed by atoms with Crippen LogP contribution >= 0.6 is 0 Å². The molecule has 0 bridgehead atoms. The predicted octanol–water partition coefficient (Wildman–Crippen LogP) is 4.39. The molecular weight excluding hydrogens is 509 g/mol. The molecule has 0 unspecified atom stereocenters. The van der Waals surface area contributed by atoms with E-state index in [-0.39, 0.29) is 35.6 Å². The molecular formula is C22H18F5N5O5. The predicted molar refractivity (Wildman–Crippen MR) is 113 cm³/mol. The molecule has 0 aliphatic carbocycles. The van der Waals surface area contributed by atoms with Gasteiger partial charge in [-0.15, -0.1) is 13.2 Å². The summed E-state index contributed by atoms with van der Waals surface area (Å²) < 4.78 is 81.2. The van der Waals surface area contributed by atoms with Crippen LogP contribution in [0.4, 0.5) is 22.0 Å². The summed E-state index contributed by atoms with van der Waals surface area (Å²) in [4.78, 5) is 29.5. The van der Waals surface area contributed by atoms with E-state index < -0.39 is 53.4 Å². The summed E-state index contributed by atoms with van der Waals surface area (Å²) in [5.74, 6) is -3.16. The lowest BCUT2D eigenvalue weighted by Gasteiger charge is -2.32. The molecule has 2 N–H and O–H groups in total. The number of carbonyl (C=O) groups excluding carboxylic acids is 1. The molecule has 1 amide bonds. The molecule has 4 heterocycles. The van der Waals surface area contributed by atoms with Crippen LogP contribution in [-0.4, -0.2) is 48.8 Å². The zero-order chi connectivity index (χ0) is 26.7. The largest absolute Gasteiger partial charge is 0.573 e. The molecule has 15 heteroatoms. The number of oxazole rings is 2. The molecule has 196 valence electrons. The standard InChI is InChI=1S/C22H18F5N5O5/c1-21(2,34)20-31-14(17(23)24)16(36-20)19(33)32-7-6-9-12(29-8-28-9)15(32)18-30-13-10(35-18)4-3-5-11(13)37-22(25,26)27/h3-5,8,15,17,34H,6-7H2,1-2H3,(H,28,29)/t15-/m0/s1. The number of imidazole rings is 1. The summed E-state index contributed by atoms with van der Waals surface area (Å²) in [6.45, 7) is 2.46. The molecule has 37 heavy (non-hydrogen) atoms. The zero-order valence-corrected chi connectivity index (χ0v) is 19.1. The van der Waals surface area contributed by atoms with Crippen LogP contribution in [0.1, 0.15) is 65.7 Å². The zero-order valence-electron chi connectivity index (χ0n) is 19.1. The first-order chi connectivity index (χ1) is 17.3. The number of hydrogen-bond acceptors (Lipinski definition) is 8. The minimum absolute atomic E-state index is 0.0371. The molecule has 10 nitrogen and oxygen atoms in total. The van der Waals surface area contributed by atoms with E-state index in [1.54, 1.807) is 0 Å². The van der Waals surface area contributed by atoms with Crippen molar-refractivity contribution < 1.29 is 45.4 Å². The van der Waals surface area contributed by atoms with Gasteiger partial charge in [-0.25, -0.2) is 23.7 Å². The SMILES string of the molecule is CC(C)(O)c1nc(C(F)F)c(C(=O)N2CCc3[nH]cnc3[C@H]2c2nc3c(OC(F)(F)F)cccc3o2)o1. The van der Waals surface area contributed by atoms with Crippen LogP contribution in [0.2, 0.25) is 0 Å². The number of nitrogens with one attached hydrogen (secondary N) is 1. The van der Waals surface area contributed by atoms with Crippen molar-refractivity contribution >= 4 is 17.0 Å². The normalized spacial score (nSPS) is 16.5. The second kappa shape index (κ2) is 8.54. The van der Waals surface area contributed by atoms with Crippen LogP contribution in [0.15, 0.2) is 33.4 Å². The van der Waals surface area contributed by atoms with Gasteiger partial charge in [-0.1, -0.05) is 6.07 Å². The van der Waals surface area contributed by atoms with E-state index in [4.69, 9.17) is 8.83 Å². The van der Waals surface area contributed by atoms with Gasteiger partial charge in [0.05, 0.1) is 12.0 Å². The highest BCUT2D eigenvalue weighted by molar-refractivity contribution is 5.93. The van der Waals surface area contributed by atoms with E-state index in [1.807, 2.05) is 0 Å². The quantitative estimate of drug-likeness (QED) is 0.366. The lowest BCUT2D eigenvalue weighted by molar-refractivity contribution is -0.274. The van der Waals surface area contributed by atoms with Gasteiger partial charge in [0.1, 0.15) is 5.60 Å². The number of aromatic nitrogens is 4. The fraction of sp³-hybridized carbons (Fsp3) is 0.364. The topological polar surface area (TPSA) is 131 Å². The third kappa shape index (κ3) is 4.50. The molecule has 0 fully saturated rings. The van der Waals surface area contributed by atoms with Crippen LogP contribution in [0, 0.1) is 0 Å². The number of hydrogen-bond donors (Lipinski definition) is 2. The van der Waals surface area contributed by atoms with Crippen LogP contribution in [0.5, 0.6) is 5.75 Å². The molecule has 3 aromatic heterocycles. The number of benzene rings is 1. The van der Waals surface area contributed by atoms with Crippen molar-refractivity contribution in [1.29, 1.82) is 0 Å². The van der Waals surface area contributed by atoms with E-state index >= 15 is 0 Å². The minimum atomic E-state index is -4.99. The second-order valence-electron chi connectivity index (χ2n) is 8.71. The molecule has 1 aliphatic heterocycles. The summed E-state index contributed by atoms with van der Waals surface area (Å²) in [5.41, 5.74) is -2.20. The molecule has 0 spiro atoms. The van der Waals surface area contributed by atoms with Gasteiger partial charge < -0.3 is 28.6 Å². The Morgan fingerprint density at radius 1 is 1.24 bits per heavy atom. The van der Waals surface area contributed by atoms with Crippen molar-refractivity contribution in [3.63, 3.8) is 0 Å². The molecule has 0 radical (unpaired) electrons. The Bertz CT molecular complexity index is 1470. The van der Waals surface area contributed by atoms with Crippen molar-refractivity contribution in [2.75, 3.05) is 6.54 Å². The third-order valence-corrected chi connectivity index (χ3v) is 5.62. The number of ether oxygens (including phenoxy) is 1. The van der Waals surface area contributed by atoms with Gasteiger partial charge >= 0.3 is 6.36 Å². The molecule has 4 aromatic rings. The van der Waals surface area contributed by atoms with Gasteiger partial charge in [0, 0.05) is 18.7 Å². The maximum atomic E-state index is 13.8. The van der Waals surface area contributed by atoms with E-state index in [0.717, 1.165) is 11.0 Å². The highest BCUT2D eigenvalue weighted by atomic mass is 19.4. The number of alkyl halides is 5. The first kappa shape index (κ1) is 24.7. The minimum Gasteiger partial charge on any atom is -0.438 e. The van der Waals surface area contributed by atoms with E-state index in [2.05, 4.69) is 24.7 Å². The van der Waals surface area contributed by atoms with Crippen molar-refractivity contribution in [3.8, 4) is 5.75 Å². The van der Waals surface area contributed by atoms with Gasteiger partial charge in [-0.3, -0.25) is 4.79 Å². The van der Waals surface area contributed by atoms with Gasteiger partial charge in [-0.2, -0.15) is 0 Å². The number of aromatic amines is 1. The number of H-pyrrole nitrogens is 1. The van der Waals surface area contributed by atoms with Gasteiger partial charge in [0.25, 0.3) is 12.3 Å². The number of aliphatic hydroxyl groups is 1. The van der Waals surface area contributed by atoms with Gasteiger partial charge in [0.15, 0.2) is 28.6 Å². The average Bonchev–Trinajstić information content (AvgIpc) is 3.54. The number of fused-ring (bicyclic) bond motifs is 2. The van der Waals surface area contributed by atoms with Crippen LogP contribution < -0.4 is 4.74 Å². The van der Waals surface area contributed by atoms with Gasteiger partial charge in [-0.05, 0) is 26.0 Å². The average molecular weight is 527 g/mol. The van der Waals surface area contributed by atoms with Crippen LogP contribution in [0.25, 0.3) is 11.1 Å². The molecule has 0 saturated carbocycles. The van der Waals surface area contributed by atoms with Crippen molar-refractivity contribution in [3.05, 3.63) is 59.1 Å².